The van der Waals surface area contributed by atoms with Gasteiger partial charge in [-0.05, 0) is 31.0 Å². The summed E-state index contributed by atoms with van der Waals surface area (Å²) in [5.41, 5.74) is 2.24. The van der Waals surface area contributed by atoms with Gasteiger partial charge in [-0.15, -0.1) is 0 Å². The SMILES string of the molecule is COc1ccccc1Cn1c(=O)n(-c2cccc(O)c2)c2nc(NC3CC3)ncc21. The molecular formula is C22H21N5O3. The average Bonchev–Trinajstić information content (AvgIpc) is 3.52. The Morgan fingerprint density at radius 2 is 2.03 bits per heavy atom. The molecule has 8 heteroatoms. The lowest BCUT2D eigenvalue weighted by Gasteiger charge is -2.09. The fraction of sp³-hybridized carbons (Fsp3) is 0.227. The lowest BCUT2D eigenvalue weighted by molar-refractivity contribution is 0.408. The number of nitrogens with zero attached hydrogens (tertiary/aromatic N) is 4. The highest BCUT2D eigenvalue weighted by molar-refractivity contribution is 5.74. The number of phenols is 1. The molecule has 0 unspecified atom stereocenters. The van der Waals surface area contributed by atoms with Gasteiger partial charge in [-0.3, -0.25) is 4.57 Å². The van der Waals surface area contributed by atoms with Gasteiger partial charge in [0.05, 0.1) is 25.5 Å². The Bertz CT molecular complexity index is 1290. The number of benzene rings is 2. The number of ether oxygens (including phenoxy) is 1. The van der Waals surface area contributed by atoms with E-state index in [9.17, 15) is 9.90 Å². The fourth-order valence-corrected chi connectivity index (χ4v) is 3.54. The first kappa shape index (κ1) is 18.2. The van der Waals surface area contributed by atoms with Crippen molar-refractivity contribution in [2.45, 2.75) is 25.4 Å². The molecule has 1 saturated carbocycles. The number of methoxy groups -OCH3 is 1. The van der Waals surface area contributed by atoms with Crippen LogP contribution in [0.25, 0.3) is 16.9 Å². The lowest BCUT2D eigenvalue weighted by atomic mass is 10.2. The number of hydrogen-bond acceptors (Lipinski definition) is 6. The Labute approximate surface area is 172 Å². The molecule has 0 saturated heterocycles. The highest BCUT2D eigenvalue weighted by atomic mass is 16.5. The van der Waals surface area contributed by atoms with E-state index < -0.39 is 0 Å². The predicted octanol–water partition coefficient (Wildman–Crippen LogP) is 2.92. The van der Waals surface area contributed by atoms with Crippen LogP contribution in [0.3, 0.4) is 0 Å². The number of aromatic hydroxyl groups is 1. The van der Waals surface area contributed by atoms with Crippen LogP contribution in [-0.4, -0.2) is 37.4 Å². The third-order valence-electron chi connectivity index (χ3n) is 5.19. The van der Waals surface area contributed by atoms with Crippen LogP contribution in [0.5, 0.6) is 11.5 Å². The van der Waals surface area contributed by atoms with Gasteiger partial charge in [-0.25, -0.2) is 14.3 Å². The van der Waals surface area contributed by atoms with Gasteiger partial charge in [-0.2, -0.15) is 4.98 Å². The molecule has 8 nitrogen and oxygen atoms in total. The third-order valence-corrected chi connectivity index (χ3v) is 5.19. The van der Waals surface area contributed by atoms with E-state index in [1.807, 2.05) is 24.3 Å². The van der Waals surface area contributed by atoms with Gasteiger partial charge in [-0.1, -0.05) is 24.3 Å². The Morgan fingerprint density at radius 1 is 1.20 bits per heavy atom. The lowest BCUT2D eigenvalue weighted by Crippen LogP contribution is -2.24. The van der Waals surface area contributed by atoms with Crippen molar-refractivity contribution in [2.75, 3.05) is 12.4 Å². The first-order chi connectivity index (χ1) is 14.6. The largest absolute Gasteiger partial charge is 0.508 e. The molecule has 2 heterocycles. The molecule has 30 heavy (non-hydrogen) atoms. The maximum atomic E-state index is 13.5. The quantitative estimate of drug-likeness (QED) is 0.514. The minimum absolute atomic E-state index is 0.0791. The summed E-state index contributed by atoms with van der Waals surface area (Å²) in [6.07, 6.45) is 3.86. The summed E-state index contributed by atoms with van der Waals surface area (Å²) in [5, 5.41) is 13.2. The first-order valence-electron chi connectivity index (χ1n) is 9.80. The van der Waals surface area contributed by atoms with Crippen LogP contribution in [0, 0.1) is 0 Å². The van der Waals surface area contributed by atoms with Crippen LogP contribution in [0.15, 0.2) is 59.5 Å². The summed E-state index contributed by atoms with van der Waals surface area (Å²) in [6.45, 7) is 0.309. The van der Waals surface area contributed by atoms with Crippen molar-refractivity contribution in [1.82, 2.24) is 19.1 Å². The number of aromatic nitrogens is 4. The van der Waals surface area contributed by atoms with Crippen molar-refractivity contribution in [3.8, 4) is 17.2 Å². The number of para-hydroxylation sites is 1. The molecule has 2 aromatic carbocycles. The van der Waals surface area contributed by atoms with Gasteiger partial charge < -0.3 is 15.2 Å². The Morgan fingerprint density at radius 3 is 2.80 bits per heavy atom. The molecule has 0 radical (unpaired) electrons. The van der Waals surface area contributed by atoms with E-state index in [0.29, 0.717) is 41.1 Å². The van der Waals surface area contributed by atoms with E-state index in [1.165, 1.54) is 4.57 Å². The van der Waals surface area contributed by atoms with Gasteiger partial charge in [0.1, 0.15) is 17.0 Å². The topological polar surface area (TPSA) is 94.2 Å². The van der Waals surface area contributed by atoms with Crippen LogP contribution < -0.4 is 15.7 Å². The van der Waals surface area contributed by atoms with Crippen LogP contribution in [-0.2, 0) is 6.54 Å². The summed E-state index contributed by atoms with van der Waals surface area (Å²) in [7, 11) is 1.61. The first-order valence-corrected chi connectivity index (χ1v) is 9.80. The minimum atomic E-state index is -0.264. The van der Waals surface area contributed by atoms with Gasteiger partial charge in [0, 0.05) is 17.7 Å². The van der Waals surface area contributed by atoms with Crippen LogP contribution in [0.2, 0.25) is 0 Å². The zero-order valence-corrected chi connectivity index (χ0v) is 16.4. The number of rotatable bonds is 6. The molecule has 2 aromatic heterocycles. The molecule has 2 N–H and O–H groups in total. The molecule has 1 fully saturated rings. The fourth-order valence-electron chi connectivity index (χ4n) is 3.54. The second-order valence-corrected chi connectivity index (χ2v) is 7.36. The van der Waals surface area contributed by atoms with E-state index in [2.05, 4.69) is 15.3 Å². The number of nitrogens with one attached hydrogen (secondary N) is 1. The second-order valence-electron chi connectivity index (χ2n) is 7.36. The normalized spacial score (nSPS) is 13.5. The number of imidazole rings is 1. The van der Waals surface area contributed by atoms with E-state index in [4.69, 9.17) is 4.74 Å². The van der Waals surface area contributed by atoms with Crippen molar-refractivity contribution in [1.29, 1.82) is 0 Å². The monoisotopic (exact) mass is 403 g/mol. The van der Waals surface area contributed by atoms with Gasteiger partial charge in [0.15, 0.2) is 5.65 Å². The highest BCUT2D eigenvalue weighted by Gasteiger charge is 2.23. The molecule has 1 aliphatic carbocycles. The average molecular weight is 403 g/mol. The Hall–Kier alpha value is -3.81. The van der Waals surface area contributed by atoms with Crippen LogP contribution in [0.1, 0.15) is 18.4 Å². The summed E-state index contributed by atoms with van der Waals surface area (Å²) in [4.78, 5) is 22.5. The number of phenolic OH excluding ortho intramolecular Hbond substituents is 1. The van der Waals surface area contributed by atoms with Crippen LogP contribution >= 0.6 is 0 Å². The molecule has 0 spiro atoms. The predicted molar refractivity (Wildman–Crippen MR) is 114 cm³/mol. The summed E-state index contributed by atoms with van der Waals surface area (Å²) >= 11 is 0. The molecule has 0 atom stereocenters. The smallest absolute Gasteiger partial charge is 0.335 e. The van der Waals surface area contributed by atoms with Crippen molar-refractivity contribution < 1.29 is 9.84 Å². The van der Waals surface area contributed by atoms with E-state index in [0.717, 1.165) is 18.4 Å². The number of hydrogen-bond donors (Lipinski definition) is 2. The summed E-state index contributed by atoms with van der Waals surface area (Å²) in [6, 6.07) is 14.6. The molecule has 1 aliphatic rings. The standard InChI is InChI=1S/C22H21N5O3/c1-30-19-8-3-2-5-14(19)13-26-18-12-23-21(24-15-9-10-15)25-20(18)27(22(26)29)16-6-4-7-17(28)11-16/h2-8,11-12,15,28H,9-10,13H2,1H3,(H,23,24,25). The number of fused-ring (bicyclic) bond motifs is 1. The molecule has 5 rings (SSSR count). The van der Waals surface area contributed by atoms with Crippen LogP contribution in [0.4, 0.5) is 5.95 Å². The summed E-state index contributed by atoms with van der Waals surface area (Å²) in [5.74, 6) is 1.28. The van der Waals surface area contributed by atoms with Crippen molar-refractivity contribution in [2.24, 2.45) is 0 Å². The van der Waals surface area contributed by atoms with Crippen molar-refractivity contribution >= 4 is 17.1 Å². The van der Waals surface area contributed by atoms with Gasteiger partial charge >= 0.3 is 5.69 Å². The zero-order valence-electron chi connectivity index (χ0n) is 16.4. The van der Waals surface area contributed by atoms with Crippen molar-refractivity contribution in [3.05, 3.63) is 70.8 Å². The molecule has 4 aromatic rings. The Balaban J connectivity index is 1.70. The van der Waals surface area contributed by atoms with E-state index >= 15 is 0 Å². The molecule has 0 aliphatic heterocycles. The van der Waals surface area contributed by atoms with E-state index in [1.54, 1.807) is 42.1 Å². The van der Waals surface area contributed by atoms with E-state index in [-0.39, 0.29) is 11.4 Å². The summed E-state index contributed by atoms with van der Waals surface area (Å²) < 4.78 is 8.58. The maximum Gasteiger partial charge on any atom is 0.335 e. The second kappa shape index (κ2) is 7.22. The highest BCUT2D eigenvalue weighted by Crippen LogP contribution is 2.26. The van der Waals surface area contributed by atoms with Crippen molar-refractivity contribution in [3.63, 3.8) is 0 Å². The molecule has 0 bridgehead atoms. The molecule has 152 valence electrons. The maximum absolute atomic E-state index is 13.5. The zero-order chi connectivity index (χ0) is 20.7. The van der Waals surface area contributed by atoms with Gasteiger partial charge in [0.25, 0.3) is 0 Å². The molecular weight excluding hydrogens is 382 g/mol. The molecule has 0 amide bonds. The minimum Gasteiger partial charge on any atom is -0.508 e. The third kappa shape index (κ3) is 3.26. The van der Waals surface area contributed by atoms with Gasteiger partial charge in [0.2, 0.25) is 5.95 Å². The Kier molecular flexibility index (Phi) is 4.39. The number of anilines is 1.